The largest absolute Gasteiger partial charge is 0.492 e. The first kappa shape index (κ1) is 21.0. The zero-order valence-corrected chi connectivity index (χ0v) is 19.2. The minimum Gasteiger partial charge on any atom is -0.492 e. The highest BCUT2D eigenvalue weighted by Gasteiger charge is 2.38. The Balaban J connectivity index is 1.52. The lowest BCUT2D eigenvalue weighted by Gasteiger charge is -2.50. The van der Waals surface area contributed by atoms with E-state index < -0.39 is 0 Å². The van der Waals surface area contributed by atoms with Gasteiger partial charge in [-0.15, -0.1) is 6.58 Å². The first-order chi connectivity index (χ1) is 15.4. The van der Waals surface area contributed by atoms with Gasteiger partial charge in [-0.1, -0.05) is 12.1 Å². The maximum absolute atomic E-state index is 6.38. The van der Waals surface area contributed by atoms with Crippen molar-refractivity contribution in [1.29, 1.82) is 0 Å². The number of nitrogens with one attached hydrogen (secondary N) is 1. The Morgan fingerprint density at radius 1 is 1.28 bits per heavy atom. The molecular formula is C25H32N6O. The fraction of sp³-hybridized carbons (Fsp3) is 0.440. The molecule has 0 amide bonds. The molecule has 7 heteroatoms. The molecule has 0 aliphatic carbocycles. The molecule has 1 saturated heterocycles. The highest BCUT2D eigenvalue weighted by molar-refractivity contribution is 5.80. The summed E-state index contributed by atoms with van der Waals surface area (Å²) in [6.07, 6.45) is 5.86. The van der Waals surface area contributed by atoms with Crippen molar-refractivity contribution in [2.45, 2.75) is 32.4 Å². The van der Waals surface area contributed by atoms with Crippen LogP contribution in [0.25, 0.3) is 16.8 Å². The Morgan fingerprint density at radius 2 is 2.16 bits per heavy atom. The van der Waals surface area contributed by atoms with Gasteiger partial charge >= 0.3 is 0 Å². The standard InChI is InChI=1S/C25H32N6O/c1-5-10-30-15-19-16-32-20-7-6-18(2)21(13-20)22-14-27-31-11-8-23(28-24(22)31)26-9-12-29(19)17-25(30,3)4/h5-8,11,13-14,19H,1,9-10,12,15-17H2,2-4H3,(H,26,28)/t19-/m0/s1. The smallest absolute Gasteiger partial charge is 0.165 e. The van der Waals surface area contributed by atoms with Crippen molar-refractivity contribution in [3.05, 3.63) is 54.9 Å². The van der Waals surface area contributed by atoms with Gasteiger partial charge in [-0.05, 0) is 50.1 Å². The molecule has 3 aromatic rings. The van der Waals surface area contributed by atoms with Crippen LogP contribution < -0.4 is 10.1 Å². The minimum atomic E-state index is 0.0802. The van der Waals surface area contributed by atoms with Crippen LogP contribution in [0, 0.1) is 6.92 Å². The third-order valence-corrected chi connectivity index (χ3v) is 6.76. The predicted molar refractivity (Wildman–Crippen MR) is 128 cm³/mol. The normalized spacial score (nSPS) is 21.4. The summed E-state index contributed by atoms with van der Waals surface area (Å²) < 4.78 is 8.21. The molecule has 0 saturated carbocycles. The number of rotatable bonds is 2. The Labute approximate surface area is 189 Å². The lowest BCUT2D eigenvalue weighted by molar-refractivity contribution is -0.0229. The zero-order valence-electron chi connectivity index (χ0n) is 19.2. The topological polar surface area (TPSA) is 57.9 Å². The average Bonchev–Trinajstić information content (AvgIpc) is 3.18. The van der Waals surface area contributed by atoms with Crippen LogP contribution in [-0.2, 0) is 0 Å². The summed E-state index contributed by atoms with van der Waals surface area (Å²) in [5, 5.41) is 8.04. The number of nitrogens with zero attached hydrogens (tertiary/aromatic N) is 5. The number of piperazine rings is 1. The number of benzene rings is 1. The third kappa shape index (κ3) is 3.87. The number of ether oxygens (including phenoxy) is 1. The molecule has 1 N–H and O–H groups in total. The summed E-state index contributed by atoms with van der Waals surface area (Å²) in [6, 6.07) is 8.60. The van der Waals surface area contributed by atoms with Gasteiger partial charge < -0.3 is 10.1 Å². The number of aryl methyl sites for hydroxylation is 1. The van der Waals surface area contributed by atoms with E-state index in [1.54, 1.807) is 0 Å². The SMILES string of the molecule is C=CCN1C[C@H]2COc3ccc(C)c(c3)-c3cnn4ccc(nc34)NCCN2CC1(C)C. The molecule has 168 valence electrons. The Hall–Kier alpha value is -2.90. The van der Waals surface area contributed by atoms with Gasteiger partial charge in [0.15, 0.2) is 5.65 Å². The number of fused-ring (bicyclic) bond motifs is 5. The van der Waals surface area contributed by atoms with Crippen molar-refractivity contribution in [3.63, 3.8) is 0 Å². The molecule has 0 radical (unpaired) electrons. The van der Waals surface area contributed by atoms with Gasteiger partial charge in [0.2, 0.25) is 0 Å². The number of aromatic nitrogens is 3. The summed E-state index contributed by atoms with van der Waals surface area (Å²) in [4.78, 5) is 9.94. The summed E-state index contributed by atoms with van der Waals surface area (Å²) in [7, 11) is 0. The molecule has 32 heavy (non-hydrogen) atoms. The van der Waals surface area contributed by atoms with Gasteiger partial charge in [0.1, 0.15) is 18.2 Å². The highest BCUT2D eigenvalue weighted by Crippen LogP contribution is 2.31. The molecule has 4 bridgehead atoms. The van der Waals surface area contributed by atoms with E-state index in [4.69, 9.17) is 9.72 Å². The molecular weight excluding hydrogens is 400 g/mol. The van der Waals surface area contributed by atoms with E-state index in [1.165, 1.54) is 5.56 Å². The van der Waals surface area contributed by atoms with E-state index in [0.717, 1.165) is 61.1 Å². The minimum absolute atomic E-state index is 0.0802. The van der Waals surface area contributed by atoms with Crippen molar-refractivity contribution in [2.75, 3.05) is 44.6 Å². The molecule has 2 aliphatic rings. The molecule has 5 rings (SSSR count). The number of hydrogen-bond donors (Lipinski definition) is 1. The quantitative estimate of drug-likeness (QED) is 0.626. The summed E-state index contributed by atoms with van der Waals surface area (Å²) in [6.45, 7) is 15.9. The summed E-state index contributed by atoms with van der Waals surface area (Å²) in [5.74, 6) is 1.76. The van der Waals surface area contributed by atoms with Crippen LogP contribution in [0.3, 0.4) is 0 Å². The van der Waals surface area contributed by atoms with Crippen LogP contribution in [0.4, 0.5) is 5.82 Å². The fourth-order valence-electron chi connectivity index (χ4n) is 4.90. The van der Waals surface area contributed by atoms with Crippen molar-refractivity contribution >= 4 is 11.5 Å². The zero-order chi connectivity index (χ0) is 22.3. The maximum atomic E-state index is 6.38. The highest BCUT2D eigenvalue weighted by atomic mass is 16.5. The van der Waals surface area contributed by atoms with E-state index >= 15 is 0 Å². The Kier molecular flexibility index (Phi) is 5.39. The molecule has 4 heterocycles. The van der Waals surface area contributed by atoms with Gasteiger partial charge in [-0.3, -0.25) is 9.80 Å². The van der Waals surface area contributed by atoms with E-state index in [-0.39, 0.29) is 5.54 Å². The van der Waals surface area contributed by atoms with E-state index in [0.29, 0.717) is 12.6 Å². The molecule has 0 unspecified atom stereocenters. The Morgan fingerprint density at radius 3 is 3.00 bits per heavy atom. The molecule has 7 nitrogen and oxygen atoms in total. The molecule has 0 spiro atoms. The third-order valence-electron chi connectivity index (χ3n) is 6.76. The molecule has 1 aromatic carbocycles. The first-order valence-electron chi connectivity index (χ1n) is 11.4. The lowest BCUT2D eigenvalue weighted by atomic mass is 9.95. The average molecular weight is 433 g/mol. The lowest BCUT2D eigenvalue weighted by Crippen LogP contribution is -2.65. The van der Waals surface area contributed by atoms with Crippen LogP contribution in [-0.4, -0.2) is 75.3 Å². The Bertz CT molecular complexity index is 1140. The summed E-state index contributed by atoms with van der Waals surface area (Å²) in [5.41, 5.74) is 4.24. The van der Waals surface area contributed by atoms with Crippen LogP contribution in [0.2, 0.25) is 0 Å². The van der Waals surface area contributed by atoms with Crippen LogP contribution in [0.15, 0.2) is 49.3 Å². The molecule has 1 fully saturated rings. The molecule has 2 aliphatic heterocycles. The van der Waals surface area contributed by atoms with Gasteiger partial charge in [-0.2, -0.15) is 5.10 Å². The fourth-order valence-corrected chi connectivity index (χ4v) is 4.90. The van der Waals surface area contributed by atoms with Gasteiger partial charge in [0, 0.05) is 50.0 Å². The van der Waals surface area contributed by atoms with Crippen molar-refractivity contribution in [1.82, 2.24) is 24.4 Å². The second kappa shape index (κ2) is 8.22. The maximum Gasteiger partial charge on any atom is 0.165 e. The van der Waals surface area contributed by atoms with E-state index in [9.17, 15) is 0 Å². The number of anilines is 1. The van der Waals surface area contributed by atoms with Crippen LogP contribution in [0.5, 0.6) is 5.75 Å². The van der Waals surface area contributed by atoms with Crippen molar-refractivity contribution in [3.8, 4) is 16.9 Å². The van der Waals surface area contributed by atoms with Crippen molar-refractivity contribution in [2.24, 2.45) is 0 Å². The number of hydrogen-bond acceptors (Lipinski definition) is 6. The van der Waals surface area contributed by atoms with E-state index in [1.807, 2.05) is 29.1 Å². The van der Waals surface area contributed by atoms with Gasteiger partial charge in [0.25, 0.3) is 0 Å². The summed E-state index contributed by atoms with van der Waals surface area (Å²) >= 11 is 0. The van der Waals surface area contributed by atoms with Gasteiger partial charge in [-0.25, -0.2) is 9.50 Å². The van der Waals surface area contributed by atoms with Crippen LogP contribution >= 0.6 is 0 Å². The first-order valence-corrected chi connectivity index (χ1v) is 11.4. The van der Waals surface area contributed by atoms with Crippen LogP contribution in [0.1, 0.15) is 19.4 Å². The second-order valence-electron chi connectivity index (χ2n) is 9.48. The molecule has 1 atom stereocenters. The second-order valence-corrected chi connectivity index (χ2v) is 9.48. The van der Waals surface area contributed by atoms with Crippen molar-refractivity contribution < 1.29 is 4.74 Å². The molecule has 2 aromatic heterocycles. The monoisotopic (exact) mass is 432 g/mol. The van der Waals surface area contributed by atoms with E-state index in [2.05, 4.69) is 65.8 Å². The van der Waals surface area contributed by atoms with Gasteiger partial charge in [0.05, 0.1) is 12.2 Å². The predicted octanol–water partition coefficient (Wildman–Crippen LogP) is 3.46.